The van der Waals surface area contributed by atoms with Gasteiger partial charge in [-0.15, -0.1) is 0 Å². The molecule has 1 aromatic rings. The summed E-state index contributed by atoms with van der Waals surface area (Å²) in [7, 11) is 0. The first-order valence-corrected chi connectivity index (χ1v) is 6.32. The van der Waals surface area contributed by atoms with Crippen molar-refractivity contribution >= 4 is 34.5 Å². The summed E-state index contributed by atoms with van der Waals surface area (Å²) in [5.74, 6) is -1.61. The molecule has 0 unspecified atom stereocenters. The number of carbonyl (C=O) groups is 2. The molecule has 98 valence electrons. The molecule has 0 aliphatic heterocycles. The van der Waals surface area contributed by atoms with Crippen LogP contribution in [0, 0.1) is 3.57 Å². The van der Waals surface area contributed by atoms with Gasteiger partial charge in [0.15, 0.2) is 0 Å². The number of aliphatic carboxylic acids is 1. The number of carboxylic acid groups (broad SMARTS) is 1. The van der Waals surface area contributed by atoms with E-state index < -0.39 is 17.4 Å². The number of carboxylic acids is 1. The Morgan fingerprint density at radius 3 is 2.56 bits per heavy atom. The third-order valence-electron chi connectivity index (χ3n) is 2.25. The molecule has 6 heteroatoms. The van der Waals surface area contributed by atoms with Crippen LogP contribution in [0.2, 0.25) is 0 Å². The zero-order valence-electron chi connectivity index (χ0n) is 10.0. The van der Waals surface area contributed by atoms with Gasteiger partial charge in [-0.1, -0.05) is 0 Å². The number of halogens is 1. The van der Waals surface area contributed by atoms with Gasteiger partial charge in [0.25, 0.3) is 5.91 Å². The lowest BCUT2D eigenvalue weighted by Crippen LogP contribution is -2.44. The number of hydrogen-bond donors (Lipinski definition) is 3. The van der Waals surface area contributed by atoms with Crippen LogP contribution in [-0.2, 0) is 4.79 Å². The highest BCUT2D eigenvalue weighted by Crippen LogP contribution is 2.20. The first-order chi connectivity index (χ1) is 8.21. The monoisotopic (exact) mass is 363 g/mol. The van der Waals surface area contributed by atoms with Gasteiger partial charge in [0.1, 0.15) is 5.75 Å². The lowest BCUT2D eigenvalue weighted by Gasteiger charge is -2.24. The number of phenols is 1. The van der Waals surface area contributed by atoms with Crippen LogP contribution < -0.4 is 5.32 Å². The average Bonchev–Trinajstić information content (AvgIpc) is 2.18. The van der Waals surface area contributed by atoms with Crippen LogP contribution in [-0.4, -0.2) is 27.6 Å². The van der Waals surface area contributed by atoms with Crippen molar-refractivity contribution in [2.24, 2.45) is 0 Å². The van der Waals surface area contributed by atoms with E-state index in [0.717, 1.165) is 3.57 Å². The molecule has 3 N–H and O–H groups in total. The Hall–Kier alpha value is -1.31. The van der Waals surface area contributed by atoms with Crippen molar-refractivity contribution in [2.45, 2.75) is 25.8 Å². The first-order valence-electron chi connectivity index (χ1n) is 5.24. The van der Waals surface area contributed by atoms with Gasteiger partial charge in [0.2, 0.25) is 0 Å². The number of nitrogens with one attached hydrogen (secondary N) is 1. The van der Waals surface area contributed by atoms with Gasteiger partial charge in [0, 0.05) is 9.11 Å². The number of benzene rings is 1. The zero-order valence-corrected chi connectivity index (χ0v) is 12.2. The van der Waals surface area contributed by atoms with Crippen molar-refractivity contribution in [1.29, 1.82) is 0 Å². The average molecular weight is 363 g/mol. The van der Waals surface area contributed by atoms with Gasteiger partial charge < -0.3 is 15.5 Å². The van der Waals surface area contributed by atoms with Gasteiger partial charge in [-0.25, -0.2) is 0 Å². The van der Waals surface area contributed by atoms with E-state index in [4.69, 9.17) is 5.11 Å². The van der Waals surface area contributed by atoms with E-state index in [2.05, 4.69) is 5.32 Å². The minimum atomic E-state index is -0.993. The highest BCUT2D eigenvalue weighted by Gasteiger charge is 2.25. The number of phenolic OH excluding ortho intramolecular Hbond substituents is 1. The molecule has 0 aliphatic carbocycles. The summed E-state index contributed by atoms with van der Waals surface area (Å²) < 4.78 is 0.812. The number of aromatic hydroxyl groups is 1. The molecule has 1 amide bonds. The normalized spacial score (nSPS) is 11.1. The third-order valence-corrected chi connectivity index (χ3v) is 2.92. The Balaban J connectivity index is 2.88. The third kappa shape index (κ3) is 4.17. The molecule has 0 saturated carbocycles. The van der Waals surface area contributed by atoms with Gasteiger partial charge in [-0.2, -0.15) is 0 Å². The first kappa shape index (κ1) is 14.7. The van der Waals surface area contributed by atoms with Crippen LogP contribution in [0.15, 0.2) is 18.2 Å². The molecule has 0 aliphatic rings. The Labute approximate surface area is 118 Å². The van der Waals surface area contributed by atoms with E-state index in [9.17, 15) is 14.7 Å². The Morgan fingerprint density at radius 1 is 1.39 bits per heavy atom. The molecule has 18 heavy (non-hydrogen) atoms. The summed E-state index contributed by atoms with van der Waals surface area (Å²) in [6, 6.07) is 4.65. The Kier molecular flexibility index (Phi) is 4.55. The van der Waals surface area contributed by atoms with Gasteiger partial charge in [0.05, 0.1) is 12.0 Å². The fourth-order valence-corrected chi connectivity index (χ4v) is 1.98. The summed E-state index contributed by atoms with van der Waals surface area (Å²) in [5, 5.41) is 20.9. The predicted octanol–water partition coefficient (Wildman–Crippen LogP) is 1.98. The molecule has 0 heterocycles. The highest BCUT2D eigenvalue weighted by molar-refractivity contribution is 14.1. The van der Waals surface area contributed by atoms with Crippen molar-refractivity contribution in [3.63, 3.8) is 0 Å². The lowest BCUT2D eigenvalue weighted by atomic mass is 10.00. The van der Waals surface area contributed by atoms with Crippen molar-refractivity contribution in [3.05, 3.63) is 27.3 Å². The second-order valence-corrected chi connectivity index (χ2v) is 5.82. The fraction of sp³-hybridized carbons (Fsp3) is 0.333. The van der Waals surface area contributed by atoms with Crippen LogP contribution in [0.1, 0.15) is 30.6 Å². The number of hydrogen-bond acceptors (Lipinski definition) is 3. The summed E-state index contributed by atoms with van der Waals surface area (Å²) in [6.45, 7) is 3.23. The second kappa shape index (κ2) is 5.55. The fourth-order valence-electron chi connectivity index (χ4n) is 1.49. The molecular weight excluding hydrogens is 349 g/mol. The lowest BCUT2D eigenvalue weighted by molar-refractivity contribution is -0.138. The molecule has 0 atom stereocenters. The van der Waals surface area contributed by atoms with Crippen LogP contribution in [0.4, 0.5) is 0 Å². The minimum absolute atomic E-state index is 0.126. The van der Waals surface area contributed by atoms with E-state index in [1.807, 2.05) is 22.6 Å². The zero-order chi connectivity index (χ0) is 13.9. The molecule has 0 bridgehead atoms. The maximum absolute atomic E-state index is 11.9. The topological polar surface area (TPSA) is 86.6 Å². The summed E-state index contributed by atoms with van der Waals surface area (Å²) in [4.78, 5) is 22.6. The van der Waals surface area contributed by atoms with Gasteiger partial charge >= 0.3 is 5.97 Å². The molecule has 0 fully saturated rings. The van der Waals surface area contributed by atoms with Crippen LogP contribution in [0.25, 0.3) is 0 Å². The van der Waals surface area contributed by atoms with Gasteiger partial charge in [-0.3, -0.25) is 9.59 Å². The molecule has 0 spiro atoms. The van der Waals surface area contributed by atoms with Crippen LogP contribution in [0.3, 0.4) is 0 Å². The van der Waals surface area contributed by atoms with E-state index in [1.165, 1.54) is 6.07 Å². The maximum Gasteiger partial charge on any atom is 0.305 e. The number of amides is 1. The SMILES string of the molecule is CC(C)(CC(=O)O)NC(=O)c1cc(I)ccc1O. The molecule has 1 rings (SSSR count). The molecule has 0 saturated heterocycles. The smallest absolute Gasteiger partial charge is 0.305 e. The summed E-state index contributed by atoms with van der Waals surface area (Å²) in [6.07, 6.45) is -0.191. The number of carbonyl (C=O) groups excluding carboxylic acids is 1. The Bertz CT molecular complexity index is 485. The Morgan fingerprint density at radius 2 is 2.00 bits per heavy atom. The highest BCUT2D eigenvalue weighted by atomic mass is 127. The summed E-state index contributed by atoms with van der Waals surface area (Å²) in [5.41, 5.74) is -0.739. The van der Waals surface area contributed by atoms with Crippen LogP contribution in [0.5, 0.6) is 5.75 Å². The van der Waals surface area contributed by atoms with Crippen molar-refractivity contribution in [1.82, 2.24) is 5.32 Å². The molecule has 0 radical (unpaired) electrons. The number of rotatable bonds is 4. The van der Waals surface area contributed by atoms with E-state index in [0.29, 0.717) is 0 Å². The standard InChI is InChI=1S/C12H14INO4/c1-12(2,6-10(16)17)14-11(18)8-5-7(13)3-4-9(8)15/h3-5,15H,6H2,1-2H3,(H,14,18)(H,16,17). The summed E-state index contributed by atoms with van der Waals surface area (Å²) >= 11 is 2.03. The van der Waals surface area contributed by atoms with E-state index >= 15 is 0 Å². The van der Waals surface area contributed by atoms with E-state index in [1.54, 1.807) is 26.0 Å². The second-order valence-electron chi connectivity index (χ2n) is 4.57. The van der Waals surface area contributed by atoms with Crippen molar-refractivity contribution < 1.29 is 19.8 Å². The molecule has 0 aromatic heterocycles. The van der Waals surface area contributed by atoms with Crippen LogP contribution >= 0.6 is 22.6 Å². The van der Waals surface area contributed by atoms with Crippen molar-refractivity contribution in [2.75, 3.05) is 0 Å². The quantitative estimate of drug-likeness (QED) is 0.714. The largest absolute Gasteiger partial charge is 0.507 e. The molecule has 5 nitrogen and oxygen atoms in total. The maximum atomic E-state index is 11.9. The van der Waals surface area contributed by atoms with E-state index in [-0.39, 0.29) is 17.7 Å². The molecule has 1 aromatic carbocycles. The van der Waals surface area contributed by atoms with Crippen molar-refractivity contribution in [3.8, 4) is 5.75 Å². The van der Waals surface area contributed by atoms with Gasteiger partial charge in [-0.05, 0) is 54.6 Å². The predicted molar refractivity (Wildman–Crippen MR) is 74.6 cm³/mol. The molecular formula is C12H14INO4. The minimum Gasteiger partial charge on any atom is -0.507 e.